The van der Waals surface area contributed by atoms with E-state index in [2.05, 4.69) is 4.98 Å². The van der Waals surface area contributed by atoms with E-state index in [4.69, 9.17) is 21.7 Å². The van der Waals surface area contributed by atoms with E-state index >= 15 is 9.59 Å². The van der Waals surface area contributed by atoms with E-state index in [9.17, 15) is 14.9 Å². The number of carbonyl (C=O) groups is 3. The van der Waals surface area contributed by atoms with Crippen molar-refractivity contribution >= 4 is 91.0 Å². The van der Waals surface area contributed by atoms with Gasteiger partial charge in [-0.3, -0.25) is 29.6 Å². The Morgan fingerprint density at radius 1 is 0.891 bits per heavy atom. The van der Waals surface area contributed by atoms with Gasteiger partial charge in [0, 0.05) is 43.9 Å². The van der Waals surface area contributed by atoms with Crippen molar-refractivity contribution in [1.29, 1.82) is 0 Å². The van der Waals surface area contributed by atoms with E-state index < -0.39 is 47.1 Å². The highest BCUT2D eigenvalue weighted by Gasteiger charge is 2.58. The van der Waals surface area contributed by atoms with Gasteiger partial charge in [-0.2, -0.15) is 0 Å². The molecule has 0 radical (unpaired) electrons. The summed E-state index contributed by atoms with van der Waals surface area (Å²) in [6, 6.07) is 38.0. The van der Waals surface area contributed by atoms with Gasteiger partial charge in [0.25, 0.3) is 5.69 Å². The number of ether oxygens (including phenoxy) is 2. The van der Waals surface area contributed by atoms with Crippen molar-refractivity contribution in [3.8, 4) is 0 Å². The molecule has 14 heteroatoms. The first kappa shape index (κ1) is 39.6. The zero-order valence-corrected chi connectivity index (χ0v) is 33.1. The van der Waals surface area contributed by atoms with Gasteiger partial charge in [0.1, 0.15) is 32.9 Å². The molecular weight excluding hydrogens is 774 g/mol. The van der Waals surface area contributed by atoms with Crippen LogP contribution in [0, 0.1) is 16.0 Å². The molecule has 0 N–H and O–H groups in total. The quantitative estimate of drug-likeness (QED) is 0.0304. The highest BCUT2D eigenvalue weighted by atomic mass is 32.2. The molecule has 1 aliphatic heterocycles. The molecule has 0 bridgehead atoms. The molecule has 1 aliphatic rings. The Morgan fingerprint density at radius 3 is 1.93 bits per heavy atom. The molecule has 1 aromatic heterocycles. The topological polar surface area (TPSA) is 129 Å². The minimum atomic E-state index is -3.30. The van der Waals surface area contributed by atoms with Crippen LogP contribution in [-0.4, -0.2) is 52.7 Å². The second-order valence-corrected chi connectivity index (χ2v) is 19.1. The smallest absolute Gasteiger partial charge is 0.356 e. The summed E-state index contributed by atoms with van der Waals surface area (Å²) < 4.78 is 12.6. The van der Waals surface area contributed by atoms with Crippen LogP contribution in [-0.2, 0) is 30.5 Å². The Morgan fingerprint density at radius 2 is 1.45 bits per heavy atom. The first-order valence-corrected chi connectivity index (χ1v) is 21.3. The van der Waals surface area contributed by atoms with E-state index in [0.29, 0.717) is 20.4 Å². The van der Waals surface area contributed by atoms with Crippen LogP contribution >= 0.6 is 42.6 Å². The van der Waals surface area contributed by atoms with E-state index in [1.165, 1.54) is 59.6 Å². The first-order valence-electron chi connectivity index (χ1n) is 17.2. The lowest BCUT2D eigenvalue weighted by Crippen LogP contribution is -2.66. The van der Waals surface area contributed by atoms with Crippen LogP contribution in [0.4, 0.5) is 5.69 Å². The summed E-state index contributed by atoms with van der Waals surface area (Å²) in [5.74, 6) is -2.06. The number of aromatic nitrogens is 1. The molecule has 1 saturated heterocycles. The number of esters is 2. The van der Waals surface area contributed by atoms with Crippen molar-refractivity contribution in [2.75, 3.05) is 5.75 Å². The van der Waals surface area contributed by atoms with Crippen LogP contribution in [0.3, 0.4) is 0 Å². The Kier molecular flexibility index (Phi) is 13.0. The minimum Gasteiger partial charge on any atom is -0.457 e. The van der Waals surface area contributed by atoms with Crippen LogP contribution in [0.2, 0.25) is 0 Å². The molecule has 0 spiro atoms. The summed E-state index contributed by atoms with van der Waals surface area (Å²) in [7, 11) is 0. The molecular formula is C41H36N3O7PS3. The molecule has 2 heterocycles. The number of hydrogen-bond acceptors (Lipinski definition) is 11. The van der Waals surface area contributed by atoms with Crippen molar-refractivity contribution in [3.63, 3.8) is 0 Å². The van der Waals surface area contributed by atoms with Gasteiger partial charge in [-0.05, 0) is 45.4 Å². The number of amides is 1. The Balaban J connectivity index is 1.64. The normalized spacial score (nSPS) is 15.7. The highest BCUT2D eigenvalue weighted by Crippen LogP contribution is 2.53. The number of non-ortho nitro benzene ring substituents is 1. The molecule has 10 nitrogen and oxygen atoms in total. The van der Waals surface area contributed by atoms with Crippen molar-refractivity contribution in [3.05, 3.63) is 161 Å². The number of carbonyl (C=O) groups excluding carboxylic acids is 3. The first-order chi connectivity index (χ1) is 26.7. The fraction of sp³-hybridized carbons (Fsp3) is 0.171. The number of nitrogens with zero attached hydrogens (tertiary/aromatic N) is 3. The van der Waals surface area contributed by atoms with Gasteiger partial charge in [-0.1, -0.05) is 128 Å². The summed E-state index contributed by atoms with van der Waals surface area (Å²) in [6.07, 6.45) is 2.12. The van der Waals surface area contributed by atoms with Gasteiger partial charge in [0.15, 0.2) is 0 Å². The lowest BCUT2D eigenvalue weighted by atomic mass is 9.88. The third-order valence-electron chi connectivity index (χ3n) is 8.87. The van der Waals surface area contributed by atoms with Crippen LogP contribution < -0.4 is 15.9 Å². The third kappa shape index (κ3) is 8.45. The molecule has 55 heavy (non-hydrogen) atoms. The Hall–Kier alpha value is -5.07. The number of hydrogen-bond donors (Lipinski definition) is 0. The third-order valence-corrected chi connectivity index (χ3v) is 15.9. The number of nitro benzene ring substituents is 1. The van der Waals surface area contributed by atoms with E-state index in [-0.39, 0.29) is 17.7 Å². The second kappa shape index (κ2) is 18.0. The fourth-order valence-corrected chi connectivity index (χ4v) is 13.7. The molecule has 280 valence electrons. The number of rotatable bonds is 13. The predicted octanol–water partition coefficient (Wildman–Crippen LogP) is 7.02. The van der Waals surface area contributed by atoms with Gasteiger partial charge in [0.05, 0.1) is 4.92 Å². The maximum absolute atomic E-state index is 15.2. The summed E-state index contributed by atoms with van der Waals surface area (Å²) >= 11 is 8.53. The lowest BCUT2D eigenvalue weighted by molar-refractivity contribution is -0.384. The van der Waals surface area contributed by atoms with Crippen LogP contribution in [0.25, 0.3) is 0 Å². The highest BCUT2D eigenvalue weighted by molar-refractivity contribution is 8.47. The molecule has 1 amide bonds. The summed E-state index contributed by atoms with van der Waals surface area (Å²) in [5.41, 5.74) is 1.06. The average molecular weight is 810 g/mol. The van der Waals surface area contributed by atoms with E-state index in [0.717, 1.165) is 15.9 Å². The molecule has 1 fully saturated rings. The number of likely N-dealkylation sites (tertiary alicyclic amines) is 1. The van der Waals surface area contributed by atoms with Crippen molar-refractivity contribution in [2.45, 2.75) is 31.9 Å². The molecule has 3 unspecified atom stereocenters. The van der Waals surface area contributed by atoms with Crippen molar-refractivity contribution in [1.82, 2.24) is 9.88 Å². The molecule has 6 rings (SSSR count). The van der Waals surface area contributed by atoms with Gasteiger partial charge < -0.3 is 9.47 Å². The second-order valence-electron chi connectivity index (χ2n) is 12.2. The number of thiocarbonyl (C=S) groups is 1. The van der Waals surface area contributed by atoms with Crippen molar-refractivity contribution < 1.29 is 28.8 Å². The SMILES string of the molecule is CCSC(=S)SC1C(C(OC(C)=O)c2cccnc2)C(=O)N1C(C(=O)OCc1ccc([N+](=O)[O-])cc1)=P(c1ccccc1)(c1ccccc1)c1ccccc1. The number of pyridine rings is 1. The molecule has 0 aliphatic carbocycles. The Labute approximate surface area is 332 Å². The zero-order chi connectivity index (χ0) is 39.0. The summed E-state index contributed by atoms with van der Waals surface area (Å²) in [4.78, 5) is 59.6. The number of nitro groups is 1. The monoisotopic (exact) mass is 809 g/mol. The maximum atomic E-state index is 15.2. The van der Waals surface area contributed by atoms with Gasteiger partial charge in [-0.25, -0.2) is 4.79 Å². The minimum absolute atomic E-state index is 0.0987. The predicted molar refractivity (Wildman–Crippen MR) is 224 cm³/mol. The Bertz CT molecular complexity index is 2130. The maximum Gasteiger partial charge on any atom is 0.356 e. The lowest BCUT2D eigenvalue weighted by Gasteiger charge is -2.51. The molecule has 4 aromatic carbocycles. The largest absolute Gasteiger partial charge is 0.457 e. The van der Waals surface area contributed by atoms with Gasteiger partial charge in [0.2, 0.25) is 5.91 Å². The number of benzene rings is 4. The van der Waals surface area contributed by atoms with E-state index in [1.54, 1.807) is 24.5 Å². The van der Waals surface area contributed by atoms with Crippen LogP contribution in [0.1, 0.15) is 31.1 Å². The van der Waals surface area contributed by atoms with Crippen LogP contribution in [0.5, 0.6) is 0 Å². The fourth-order valence-electron chi connectivity index (χ4n) is 6.53. The van der Waals surface area contributed by atoms with E-state index in [1.807, 2.05) is 97.9 Å². The summed E-state index contributed by atoms with van der Waals surface area (Å²) in [6.45, 7) is -0.265. The number of thioether (sulfide) groups is 2. The van der Waals surface area contributed by atoms with Gasteiger partial charge in [-0.15, -0.1) is 11.8 Å². The standard InChI is InChI=1S/C41H36N3O7PS3/c1-3-54-41(53)55-39-35(36(51-28(2)45)30-14-13-25-42-26-30)37(46)43(39)38(40(47)50-27-29-21-23-31(24-22-29)44(48)49)52(32-15-7-4-8-16-32,33-17-9-5-10-18-33)34-19-11-6-12-20-34/h4-26,35-36,39H,3,27H2,1-2H3. The average Bonchev–Trinajstić information content (AvgIpc) is 3.21. The van der Waals surface area contributed by atoms with Crippen LogP contribution in [0.15, 0.2) is 140 Å². The molecule has 5 aromatic rings. The zero-order valence-electron chi connectivity index (χ0n) is 29.8. The number of β-lactam (4-membered cyclic amide) rings is 1. The summed E-state index contributed by atoms with van der Waals surface area (Å²) in [5, 5.41) is 12.9. The molecule has 3 atom stereocenters. The van der Waals surface area contributed by atoms with Crippen molar-refractivity contribution in [2.24, 2.45) is 5.92 Å². The van der Waals surface area contributed by atoms with Gasteiger partial charge >= 0.3 is 11.9 Å². The molecule has 0 saturated carbocycles.